The monoisotopic (exact) mass is 710 g/mol. The van der Waals surface area contributed by atoms with Gasteiger partial charge in [-0.25, -0.2) is 19.2 Å². The predicted molar refractivity (Wildman–Crippen MR) is 185 cm³/mol. The van der Waals surface area contributed by atoms with Crippen LogP contribution in [0.25, 0.3) is 32.7 Å². The zero-order valence-electron chi connectivity index (χ0n) is 28.4. The third-order valence-electron chi connectivity index (χ3n) is 8.76. The number of azo groups is 2. The van der Waals surface area contributed by atoms with Gasteiger partial charge in [-0.1, -0.05) is 60.3 Å². The van der Waals surface area contributed by atoms with Gasteiger partial charge in [0.05, 0.1) is 23.6 Å². The number of carbonyl (C=O) groups is 4. The van der Waals surface area contributed by atoms with Crippen molar-refractivity contribution < 1.29 is 49.8 Å². The van der Waals surface area contributed by atoms with E-state index in [0.717, 1.165) is 12.4 Å². The van der Waals surface area contributed by atoms with Crippen molar-refractivity contribution in [3.63, 3.8) is 0 Å². The minimum Gasteiger partial charge on any atom is -0.507 e. The number of imide groups is 2. The molecule has 0 fully saturated rings. The first-order valence-electron chi connectivity index (χ1n) is 15.6. The Bertz CT molecular complexity index is 2240. The smallest absolute Gasteiger partial charge is 0.391 e. The maximum Gasteiger partial charge on any atom is 0.391 e. The fourth-order valence-electron chi connectivity index (χ4n) is 6.56. The average Bonchev–Trinajstić information content (AvgIpc) is 3.56. The average molecular weight is 711 g/mol. The van der Waals surface area contributed by atoms with Gasteiger partial charge >= 0.3 is 24.1 Å². The second-order valence-electron chi connectivity index (χ2n) is 12.7. The molecule has 52 heavy (non-hydrogen) atoms. The summed E-state index contributed by atoms with van der Waals surface area (Å²) in [6.45, 7) is 10.2. The quantitative estimate of drug-likeness (QED) is 0.0814. The topological polar surface area (TPSA) is 270 Å². The molecule has 4 aromatic rings. The molecule has 18 nitrogen and oxygen atoms in total. The highest BCUT2D eigenvalue weighted by Crippen LogP contribution is 2.54. The van der Waals surface area contributed by atoms with Gasteiger partial charge in [-0.15, -0.1) is 10.0 Å². The molecule has 4 aromatic carbocycles. The van der Waals surface area contributed by atoms with Gasteiger partial charge in [0.2, 0.25) is 0 Å². The third-order valence-corrected chi connectivity index (χ3v) is 8.76. The highest BCUT2D eigenvalue weighted by Gasteiger charge is 2.32. The molecule has 0 aliphatic carbocycles. The first-order chi connectivity index (χ1) is 24.5. The molecule has 0 saturated carbocycles. The third kappa shape index (κ3) is 5.19. The van der Waals surface area contributed by atoms with E-state index < -0.39 is 70.5 Å². The summed E-state index contributed by atoms with van der Waals surface area (Å²) in [6, 6.07) is -1.23. The summed E-state index contributed by atoms with van der Waals surface area (Å²) in [6.07, 6.45) is 1.76. The van der Waals surface area contributed by atoms with Crippen LogP contribution in [0, 0.1) is 13.8 Å². The van der Waals surface area contributed by atoms with Gasteiger partial charge in [-0.05, 0) is 47.6 Å². The number of hydrazone groups is 2. The second-order valence-corrected chi connectivity index (χ2v) is 12.7. The molecule has 0 bridgehead atoms. The summed E-state index contributed by atoms with van der Waals surface area (Å²) in [4.78, 5) is 48.2. The van der Waals surface area contributed by atoms with Gasteiger partial charge in [-0.3, -0.25) is 0 Å². The molecule has 0 spiro atoms. The number of phenols is 6. The number of aromatic hydroxyl groups is 6. The van der Waals surface area contributed by atoms with E-state index in [1.54, 1.807) is 53.7 Å². The van der Waals surface area contributed by atoms with Crippen LogP contribution in [0.5, 0.6) is 34.5 Å². The molecular weight excluding hydrogens is 680 g/mol. The Labute approximate surface area is 293 Å². The predicted octanol–water partition coefficient (Wildman–Crippen LogP) is 7.44. The molecule has 2 aliphatic rings. The molecule has 2 heterocycles. The van der Waals surface area contributed by atoms with Gasteiger partial charge in [-0.2, -0.15) is 10.2 Å². The van der Waals surface area contributed by atoms with E-state index >= 15 is 0 Å². The van der Waals surface area contributed by atoms with E-state index in [0.29, 0.717) is 21.1 Å². The maximum atomic E-state index is 12.2. The van der Waals surface area contributed by atoms with Gasteiger partial charge in [0, 0.05) is 33.0 Å². The Hall–Kier alpha value is -6.98. The first kappa shape index (κ1) is 34.9. The lowest BCUT2D eigenvalue weighted by Gasteiger charge is -2.23. The molecule has 0 saturated heterocycles. The van der Waals surface area contributed by atoms with E-state index in [-0.39, 0.29) is 54.9 Å². The Morgan fingerprint density at radius 3 is 1.13 bits per heavy atom. The van der Waals surface area contributed by atoms with Crippen molar-refractivity contribution in [2.45, 2.75) is 53.4 Å². The van der Waals surface area contributed by atoms with Crippen molar-refractivity contribution in [3.05, 3.63) is 45.5 Å². The van der Waals surface area contributed by atoms with Crippen molar-refractivity contribution >= 4 is 58.1 Å². The lowest BCUT2D eigenvalue weighted by molar-refractivity contribution is 0.206. The summed E-state index contributed by atoms with van der Waals surface area (Å²) in [7, 11) is 0. The molecule has 8 amide bonds. The lowest BCUT2D eigenvalue weighted by Crippen LogP contribution is -2.21. The minimum absolute atomic E-state index is 0.0289. The number of hydrogen-bond acceptors (Lipinski definition) is 12. The maximum absolute atomic E-state index is 12.2. The number of amides is 8. The van der Waals surface area contributed by atoms with E-state index in [1.807, 2.05) is 0 Å². The van der Waals surface area contributed by atoms with Crippen molar-refractivity contribution in [2.24, 2.45) is 30.7 Å². The number of urea groups is 4. The second kappa shape index (κ2) is 12.4. The van der Waals surface area contributed by atoms with Crippen LogP contribution in [-0.4, -0.2) is 77.2 Å². The molecular formula is C34H30N8O10. The van der Waals surface area contributed by atoms with Crippen LogP contribution in [0.3, 0.4) is 0 Å². The largest absolute Gasteiger partial charge is 0.507 e. The number of aryl methyl sites for hydroxylation is 2. The Morgan fingerprint density at radius 1 is 0.538 bits per heavy atom. The number of benzene rings is 4. The molecule has 266 valence electrons. The van der Waals surface area contributed by atoms with Crippen LogP contribution in [0.1, 0.15) is 72.9 Å². The summed E-state index contributed by atoms with van der Waals surface area (Å²) in [5.74, 6) is -4.38. The molecule has 6 N–H and O–H groups in total. The summed E-state index contributed by atoms with van der Waals surface area (Å²) < 4.78 is 0. The van der Waals surface area contributed by atoms with Crippen LogP contribution in [0.2, 0.25) is 0 Å². The lowest BCUT2D eigenvalue weighted by atomic mass is 9.83. The van der Waals surface area contributed by atoms with E-state index in [1.165, 1.54) is 0 Å². The van der Waals surface area contributed by atoms with Gasteiger partial charge in [0.1, 0.15) is 11.5 Å². The normalized spacial score (nSPS) is 14.9. The molecule has 2 aliphatic heterocycles. The van der Waals surface area contributed by atoms with Crippen molar-refractivity contribution in [3.8, 4) is 45.6 Å². The minimum atomic E-state index is -1.11. The molecule has 0 radical (unpaired) electrons. The zero-order chi connectivity index (χ0) is 38.1. The fraction of sp³-hybridized carbons (Fsp3) is 0.235. The molecule has 18 heteroatoms. The summed E-state index contributed by atoms with van der Waals surface area (Å²) >= 11 is 0. The molecule has 6 rings (SSSR count). The number of nitrogens with zero attached hydrogens (tertiary/aromatic N) is 8. The zero-order valence-corrected chi connectivity index (χ0v) is 28.4. The number of fused-ring (bicyclic) bond motifs is 2. The van der Waals surface area contributed by atoms with Gasteiger partial charge < -0.3 is 30.6 Å². The van der Waals surface area contributed by atoms with Crippen LogP contribution in [0.15, 0.2) is 42.8 Å². The van der Waals surface area contributed by atoms with Crippen molar-refractivity contribution in [2.75, 3.05) is 0 Å². The van der Waals surface area contributed by atoms with Crippen LogP contribution in [0.4, 0.5) is 19.2 Å². The Balaban J connectivity index is 1.71. The summed E-state index contributed by atoms with van der Waals surface area (Å²) in [5.41, 5.74) is 0.707. The Morgan fingerprint density at radius 2 is 0.846 bits per heavy atom. The fourth-order valence-corrected chi connectivity index (χ4v) is 6.56. The highest BCUT2D eigenvalue weighted by atomic mass is 16.3. The Kier molecular flexibility index (Phi) is 8.32. The van der Waals surface area contributed by atoms with Crippen LogP contribution in [-0.2, 0) is 0 Å². The number of carbonyl (C=O) groups excluding carboxylic acids is 4. The van der Waals surface area contributed by atoms with Crippen molar-refractivity contribution in [1.29, 1.82) is 0 Å². The van der Waals surface area contributed by atoms with E-state index in [4.69, 9.17) is 0 Å². The van der Waals surface area contributed by atoms with Crippen LogP contribution >= 0.6 is 0 Å². The van der Waals surface area contributed by atoms with Crippen molar-refractivity contribution in [1.82, 2.24) is 10.0 Å². The van der Waals surface area contributed by atoms with Gasteiger partial charge in [0.25, 0.3) is 0 Å². The number of rotatable bonds is 7. The van der Waals surface area contributed by atoms with Gasteiger partial charge in [0.15, 0.2) is 23.0 Å². The number of phenolic OH excluding ortho intramolecular Hbond substituents is 6. The van der Waals surface area contributed by atoms with E-state index in [2.05, 4.69) is 30.7 Å². The molecule has 0 unspecified atom stereocenters. The first-order valence-corrected chi connectivity index (χ1v) is 15.6. The SMILES string of the molecule is Cc1cc2c(C(C)C)c(O)c(O)c(/C=N/N3C(=O)N=NC3=O)c2c(O)c1-c1c(C)cc2c(C(C)C)c(O)c(O)c(/C=N/N3C(=O)N=NC3=O)c2c1O. The number of hydrogen-bond donors (Lipinski definition) is 6. The molecule has 0 atom stereocenters. The summed E-state index contributed by atoms with van der Waals surface area (Å²) in [5, 5.41) is 90.1. The van der Waals surface area contributed by atoms with E-state index in [9.17, 15) is 49.8 Å². The molecule has 0 aromatic heterocycles. The van der Waals surface area contributed by atoms with Crippen LogP contribution < -0.4 is 0 Å². The standard InChI is InChI=1S/C34H30N8O10/c1-11(2)19-15-7-13(5)21(27(45)23(15)17(25(43)29(19)47)9-35-41-31(49)37-38-32(41)50)22-14(6)8-16-20(12(3)4)30(48)26(44)18(24(16)28(22)46)10-36-42-33(51)39-40-34(42)52/h7-12,43-48H,1-6H3/b35-9+,36-10+. The highest BCUT2D eigenvalue weighted by molar-refractivity contribution is 6.15.